The first-order valence-electron chi connectivity index (χ1n) is 5.42. The molecule has 0 heterocycles. The van der Waals surface area contributed by atoms with Crippen LogP contribution < -0.4 is 5.73 Å². The van der Waals surface area contributed by atoms with Crippen LogP contribution in [0.15, 0.2) is 56.7 Å². The Morgan fingerprint density at radius 2 is 1.82 bits per heavy atom. The van der Waals surface area contributed by atoms with Crippen molar-refractivity contribution in [2.75, 3.05) is 0 Å². The Morgan fingerprint density at radius 3 is 2.47 bits per heavy atom. The summed E-state index contributed by atoms with van der Waals surface area (Å²) in [6, 6.07) is 14.7. The van der Waals surface area contributed by atoms with Gasteiger partial charge in [-0.05, 0) is 48.4 Å². The molecule has 1 nitrogen and oxygen atoms in total. The fourth-order valence-corrected chi connectivity index (χ4v) is 2.87. The Kier molecular flexibility index (Phi) is 4.26. The molecule has 0 aliphatic heterocycles. The zero-order chi connectivity index (χ0) is 12.3. The van der Waals surface area contributed by atoms with Crippen molar-refractivity contribution >= 4 is 27.7 Å². The maximum absolute atomic E-state index is 5.76. The van der Waals surface area contributed by atoms with Gasteiger partial charge in [0.05, 0.1) is 0 Å². The van der Waals surface area contributed by atoms with Gasteiger partial charge in [0.1, 0.15) is 0 Å². The van der Waals surface area contributed by atoms with E-state index in [0.717, 1.165) is 4.47 Å². The van der Waals surface area contributed by atoms with E-state index < -0.39 is 0 Å². The third-order valence-electron chi connectivity index (χ3n) is 2.48. The van der Waals surface area contributed by atoms with E-state index >= 15 is 0 Å². The topological polar surface area (TPSA) is 26.0 Å². The molecule has 0 aromatic heterocycles. The number of hydrogen-bond donors (Lipinski definition) is 1. The Labute approximate surface area is 115 Å². The molecule has 0 bridgehead atoms. The first-order valence-corrected chi connectivity index (χ1v) is 7.03. The van der Waals surface area contributed by atoms with Crippen LogP contribution in [0.3, 0.4) is 0 Å². The number of hydrogen-bond acceptors (Lipinski definition) is 2. The second kappa shape index (κ2) is 5.71. The standard InChI is InChI=1S/C14H14BrNS/c1-10-2-3-11(9-16)14(8-10)17-13-6-4-12(15)5-7-13/h2-8H,9,16H2,1H3. The van der Waals surface area contributed by atoms with Crippen molar-refractivity contribution in [3.05, 3.63) is 58.1 Å². The molecule has 0 amide bonds. The van der Waals surface area contributed by atoms with Crippen LogP contribution in [0, 0.1) is 6.92 Å². The van der Waals surface area contributed by atoms with E-state index in [1.807, 2.05) is 0 Å². The predicted molar refractivity (Wildman–Crippen MR) is 77.3 cm³/mol. The van der Waals surface area contributed by atoms with Gasteiger partial charge in [-0.3, -0.25) is 0 Å². The minimum atomic E-state index is 0.582. The van der Waals surface area contributed by atoms with Gasteiger partial charge in [-0.25, -0.2) is 0 Å². The van der Waals surface area contributed by atoms with Crippen molar-refractivity contribution in [3.8, 4) is 0 Å². The highest BCUT2D eigenvalue weighted by atomic mass is 79.9. The highest BCUT2D eigenvalue weighted by Gasteiger charge is 2.03. The SMILES string of the molecule is Cc1ccc(CN)c(Sc2ccc(Br)cc2)c1. The maximum atomic E-state index is 5.76. The van der Waals surface area contributed by atoms with Crippen LogP contribution in [0.1, 0.15) is 11.1 Å². The summed E-state index contributed by atoms with van der Waals surface area (Å²) in [6.45, 7) is 2.69. The summed E-state index contributed by atoms with van der Waals surface area (Å²) in [4.78, 5) is 2.48. The van der Waals surface area contributed by atoms with E-state index in [4.69, 9.17) is 5.73 Å². The van der Waals surface area contributed by atoms with Crippen LogP contribution in [0.2, 0.25) is 0 Å². The van der Waals surface area contributed by atoms with Crippen LogP contribution in [-0.2, 0) is 6.54 Å². The largest absolute Gasteiger partial charge is 0.326 e. The lowest BCUT2D eigenvalue weighted by atomic mass is 10.1. The molecule has 0 fully saturated rings. The van der Waals surface area contributed by atoms with Crippen molar-refractivity contribution in [3.63, 3.8) is 0 Å². The average molecular weight is 308 g/mol. The highest BCUT2D eigenvalue weighted by molar-refractivity contribution is 9.10. The van der Waals surface area contributed by atoms with Crippen molar-refractivity contribution in [1.29, 1.82) is 0 Å². The van der Waals surface area contributed by atoms with E-state index in [2.05, 4.69) is 65.3 Å². The minimum absolute atomic E-state index is 0.582. The second-order valence-electron chi connectivity index (χ2n) is 3.87. The van der Waals surface area contributed by atoms with E-state index in [0.29, 0.717) is 6.54 Å². The van der Waals surface area contributed by atoms with E-state index in [-0.39, 0.29) is 0 Å². The Morgan fingerprint density at radius 1 is 1.12 bits per heavy atom. The molecule has 2 aromatic rings. The molecular weight excluding hydrogens is 294 g/mol. The summed E-state index contributed by atoms with van der Waals surface area (Å²) >= 11 is 5.20. The number of benzene rings is 2. The third-order valence-corrected chi connectivity index (χ3v) is 4.12. The van der Waals surface area contributed by atoms with Gasteiger partial charge >= 0.3 is 0 Å². The molecule has 0 saturated carbocycles. The smallest absolute Gasteiger partial charge is 0.0189 e. The van der Waals surface area contributed by atoms with Crippen molar-refractivity contribution in [2.45, 2.75) is 23.3 Å². The minimum Gasteiger partial charge on any atom is -0.326 e. The molecule has 0 radical (unpaired) electrons. The van der Waals surface area contributed by atoms with Gasteiger partial charge in [0, 0.05) is 20.8 Å². The highest BCUT2D eigenvalue weighted by Crippen LogP contribution is 2.31. The Hall–Kier alpha value is -0.770. The monoisotopic (exact) mass is 307 g/mol. The van der Waals surface area contributed by atoms with Crippen LogP contribution in [0.5, 0.6) is 0 Å². The first-order chi connectivity index (χ1) is 8.19. The molecular formula is C14H14BrNS. The lowest BCUT2D eigenvalue weighted by molar-refractivity contribution is 1.02. The summed E-state index contributed by atoms with van der Waals surface area (Å²) in [6.07, 6.45) is 0. The van der Waals surface area contributed by atoms with Crippen LogP contribution >= 0.6 is 27.7 Å². The molecule has 17 heavy (non-hydrogen) atoms. The molecule has 0 spiro atoms. The third kappa shape index (κ3) is 3.35. The number of aryl methyl sites for hydroxylation is 1. The normalized spacial score (nSPS) is 10.5. The quantitative estimate of drug-likeness (QED) is 0.911. The number of rotatable bonds is 3. The molecule has 0 saturated heterocycles. The summed E-state index contributed by atoms with van der Waals surface area (Å²) in [5.74, 6) is 0. The zero-order valence-corrected chi connectivity index (χ0v) is 12.0. The molecule has 88 valence electrons. The lowest BCUT2D eigenvalue weighted by Gasteiger charge is -2.08. The van der Waals surface area contributed by atoms with Gasteiger partial charge in [0.2, 0.25) is 0 Å². The molecule has 0 aliphatic carbocycles. The summed E-state index contributed by atoms with van der Waals surface area (Å²) in [5, 5.41) is 0. The molecule has 0 aliphatic rings. The molecule has 2 aromatic carbocycles. The lowest BCUT2D eigenvalue weighted by Crippen LogP contribution is -1.98. The molecule has 2 rings (SSSR count). The summed E-state index contributed by atoms with van der Waals surface area (Å²) in [5.41, 5.74) is 8.22. The van der Waals surface area contributed by atoms with Crippen molar-refractivity contribution in [1.82, 2.24) is 0 Å². The van der Waals surface area contributed by atoms with Crippen LogP contribution in [-0.4, -0.2) is 0 Å². The van der Waals surface area contributed by atoms with Crippen molar-refractivity contribution < 1.29 is 0 Å². The zero-order valence-electron chi connectivity index (χ0n) is 9.61. The van der Waals surface area contributed by atoms with Gasteiger partial charge < -0.3 is 5.73 Å². The summed E-state index contributed by atoms with van der Waals surface area (Å²) < 4.78 is 1.10. The molecule has 2 N–H and O–H groups in total. The fourth-order valence-electron chi connectivity index (χ4n) is 1.56. The van der Waals surface area contributed by atoms with Crippen molar-refractivity contribution in [2.24, 2.45) is 5.73 Å². The van der Waals surface area contributed by atoms with E-state index in [1.54, 1.807) is 11.8 Å². The second-order valence-corrected chi connectivity index (χ2v) is 5.90. The van der Waals surface area contributed by atoms with Gasteiger partial charge in [-0.2, -0.15) is 0 Å². The van der Waals surface area contributed by atoms with Crippen LogP contribution in [0.25, 0.3) is 0 Å². The molecule has 0 unspecified atom stereocenters. The first kappa shape index (κ1) is 12.7. The van der Waals surface area contributed by atoms with E-state index in [9.17, 15) is 0 Å². The van der Waals surface area contributed by atoms with E-state index in [1.165, 1.54) is 20.9 Å². The number of nitrogens with two attached hydrogens (primary N) is 1. The van der Waals surface area contributed by atoms with Gasteiger partial charge in [0.25, 0.3) is 0 Å². The van der Waals surface area contributed by atoms with Gasteiger partial charge in [0.15, 0.2) is 0 Å². The average Bonchev–Trinajstić information content (AvgIpc) is 2.32. The fraction of sp³-hybridized carbons (Fsp3) is 0.143. The van der Waals surface area contributed by atoms with Gasteiger partial charge in [-0.1, -0.05) is 39.8 Å². The molecule has 0 atom stereocenters. The Bertz CT molecular complexity index is 508. The maximum Gasteiger partial charge on any atom is 0.0189 e. The summed E-state index contributed by atoms with van der Waals surface area (Å²) in [7, 11) is 0. The Balaban J connectivity index is 2.28. The predicted octanol–water partition coefficient (Wildman–Crippen LogP) is 4.37. The van der Waals surface area contributed by atoms with Crippen LogP contribution in [0.4, 0.5) is 0 Å². The number of halogens is 1. The van der Waals surface area contributed by atoms with Gasteiger partial charge in [-0.15, -0.1) is 0 Å². The molecule has 3 heteroatoms.